The average Bonchev–Trinajstić information content (AvgIpc) is 2.45. The largest absolute Gasteiger partial charge is 0.453 e. The van der Waals surface area contributed by atoms with E-state index in [0.29, 0.717) is 11.3 Å². The van der Waals surface area contributed by atoms with Crippen molar-refractivity contribution in [3.63, 3.8) is 0 Å². The lowest BCUT2D eigenvalue weighted by atomic mass is 10.4. The van der Waals surface area contributed by atoms with Gasteiger partial charge in [0.05, 0.1) is 0 Å². The minimum atomic E-state index is -1.80. The Morgan fingerprint density at radius 1 is 0.720 bits per heavy atom. The molecule has 0 bridgehead atoms. The van der Waals surface area contributed by atoms with Gasteiger partial charge in [-0.05, 0) is 67.2 Å². The van der Waals surface area contributed by atoms with Crippen LogP contribution in [0.2, 0.25) is 26.2 Å². The first kappa shape index (κ1) is 25.2. The maximum absolute atomic E-state index is 6.97. The molecule has 0 aromatic carbocycles. The van der Waals surface area contributed by atoms with Crippen LogP contribution in [0.25, 0.3) is 0 Å². The van der Waals surface area contributed by atoms with Gasteiger partial charge in [-0.25, -0.2) is 0 Å². The zero-order chi connectivity index (χ0) is 19.7. The lowest BCUT2D eigenvalue weighted by Crippen LogP contribution is -2.63. The van der Waals surface area contributed by atoms with Gasteiger partial charge in [0, 0.05) is 37.5 Å². The Kier molecular flexibility index (Phi) is 12.0. The molecule has 0 rings (SSSR count). The molecule has 0 aromatic heterocycles. The molecule has 2 unspecified atom stereocenters. The highest BCUT2D eigenvalue weighted by molar-refractivity contribution is 6.86. The van der Waals surface area contributed by atoms with Gasteiger partial charge in [-0.3, -0.25) is 0 Å². The predicted molar refractivity (Wildman–Crippen MR) is 117 cm³/mol. The predicted octanol–water partition coefficient (Wildman–Crippen LogP) is 2.35. The Balaban J connectivity index is 4.80. The zero-order valence-corrected chi connectivity index (χ0v) is 20.7. The van der Waals surface area contributed by atoms with Gasteiger partial charge in [0.15, 0.2) is 16.6 Å². The van der Waals surface area contributed by atoms with Crippen LogP contribution in [0.15, 0.2) is 0 Å². The molecule has 0 aromatic rings. The zero-order valence-electron chi connectivity index (χ0n) is 18.7. The molecule has 5 nitrogen and oxygen atoms in total. The summed E-state index contributed by atoms with van der Waals surface area (Å²) in [6.07, 6.45) is 2.28. The van der Waals surface area contributed by atoms with Gasteiger partial charge in [0.25, 0.3) is 0 Å². The standard InChI is InChI=1S/C18H46N4OSi2/c1-11-17(19-13-15-21(3)4)24(7,8)23-25(9,10)18(12-2)20-14-16-22(5)6/h17-20H,11-16H2,1-10H3. The summed E-state index contributed by atoms with van der Waals surface area (Å²) >= 11 is 0. The molecule has 2 atom stereocenters. The van der Waals surface area contributed by atoms with E-state index in [2.05, 4.69) is 88.7 Å². The molecule has 0 spiro atoms. The van der Waals surface area contributed by atoms with Gasteiger partial charge in [0.1, 0.15) is 0 Å². The van der Waals surface area contributed by atoms with E-state index in [1.54, 1.807) is 0 Å². The van der Waals surface area contributed by atoms with Gasteiger partial charge in [-0.2, -0.15) is 0 Å². The third-order valence-electron chi connectivity index (χ3n) is 4.92. The molecule has 0 fully saturated rings. The summed E-state index contributed by atoms with van der Waals surface area (Å²) in [5.41, 5.74) is 1.03. The van der Waals surface area contributed by atoms with Crippen LogP contribution >= 0.6 is 0 Å². The minimum absolute atomic E-state index is 0.513. The van der Waals surface area contributed by atoms with Gasteiger partial charge in [0.2, 0.25) is 0 Å². The smallest absolute Gasteiger partial charge is 0.190 e. The van der Waals surface area contributed by atoms with Crippen molar-refractivity contribution in [1.82, 2.24) is 20.4 Å². The Morgan fingerprint density at radius 2 is 1.04 bits per heavy atom. The van der Waals surface area contributed by atoms with Crippen molar-refractivity contribution < 1.29 is 4.12 Å². The SMILES string of the molecule is CCC(NCCN(C)C)[Si](C)(C)O[Si](C)(C)C(CC)NCCN(C)C. The Bertz CT molecular complexity index is 320. The van der Waals surface area contributed by atoms with Crippen LogP contribution in [-0.4, -0.2) is 92.1 Å². The van der Waals surface area contributed by atoms with E-state index >= 15 is 0 Å². The Labute approximate surface area is 160 Å². The fourth-order valence-electron chi connectivity index (χ4n) is 3.51. The van der Waals surface area contributed by atoms with Crippen LogP contribution in [0.4, 0.5) is 0 Å². The number of hydrogen-bond donors (Lipinski definition) is 2. The molecule has 2 N–H and O–H groups in total. The van der Waals surface area contributed by atoms with E-state index in [0.717, 1.165) is 39.0 Å². The molecular weight excluding hydrogens is 344 g/mol. The number of rotatable bonds is 14. The highest BCUT2D eigenvalue weighted by atomic mass is 28.4. The molecule has 0 saturated heterocycles. The first-order chi connectivity index (χ1) is 11.5. The van der Waals surface area contributed by atoms with Crippen LogP contribution in [0.3, 0.4) is 0 Å². The monoisotopic (exact) mass is 390 g/mol. The Hall–Kier alpha value is 0.234. The van der Waals surface area contributed by atoms with Crippen molar-refractivity contribution in [2.75, 3.05) is 54.4 Å². The molecule has 25 heavy (non-hydrogen) atoms. The van der Waals surface area contributed by atoms with E-state index in [-0.39, 0.29) is 0 Å². The summed E-state index contributed by atoms with van der Waals surface area (Å²) in [7, 11) is 4.91. The fourth-order valence-corrected chi connectivity index (χ4v) is 13.3. The number of hydrogen-bond acceptors (Lipinski definition) is 5. The summed E-state index contributed by atoms with van der Waals surface area (Å²) < 4.78 is 6.97. The quantitative estimate of drug-likeness (QED) is 0.446. The molecule has 0 aliphatic heterocycles. The topological polar surface area (TPSA) is 39.8 Å². The van der Waals surface area contributed by atoms with E-state index in [1.165, 1.54) is 0 Å². The minimum Gasteiger partial charge on any atom is -0.453 e. The third-order valence-corrected chi connectivity index (χ3v) is 13.7. The van der Waals surface area contributed by atoms with Crippen molar-refractivity contribution in [2.45, 2.75) is 64.2 Å². The molecule has 152 valence electrons. The second-order valence-electron chi connectivity index (χ2n) is 8.75. The number of nitrogens with zero attached hydrogens (tertiary/aromatic N) is 2. The van der Waals surface area contributed by atoms with Crippen LogP contribution in [0, 0.1) is 0 Å². The number of likely N-dealkylation sites (N-methyl/N-ethyl adjacent to an activating group) is 2. The number of nitrogens with one attached hydrogen (secondary N) is 2. The van der Waals surface area contributed by atoms with Crippen molar-refractivity contribution in [2.24, 2.45) is 0 Å². The van der Waals surface area contributed by atoms with E-state index in [9.17, 15) is 0 Å². The lowest BCUT2D eigenvalue weighted by molar-refractivity contribution is 0.377. The van der Waals surface area contributed by atoms with E-state index < -0.39 is 16.6 Å². The maximum Gasteiger partial charge on any atom is 0.190 e. The van der Waals surface area contributed by atoms with E-state index in [1.807, 2.05) is 0 Å². The molecule has 0 aliphatic rings. The Morgan fingerprint density at radius 3 is 1.28 bits per heavy atom. The molecule has 0 saturated carbocycles. The first-order valence-electron chi connectivity index (χ1n) is 9.92. The van der Waals surface area contributed by atoms with Crippen molar-refractivity contribution in [3.8, 4) is 0 Å². The van der Waals surface area contributed by atoms with Crippen LogP contribution in [0.5, 0.6) is 0 Å². The van der Waals surface area contributed by atoms with Crippen molar-refractivity contribution >= 4 is 16.6 Å². The van der Waals surface area contributed by atoms with Crippen molar-refractivity contribution in [1.29, 1.82) is 0 Å². The van der Waals surface area contributed by atoms with E-state index in [4.69, 9.17) is 4.12 Å². The molecule has 0 radical (unpaired) electrons. The van der Waals surface area contributed by atoms with Crippen LogP contribution < -0.4 is 10.6 Å². The molecule has 7 heteroatoms. The summed E-state index contributed by atoms with van der Waals surface area (Å²) in [4.78, 5) is 4.46. The summed E-state index contributed by atoms with van der Waals surface area (Å²) in [5.74, 6) is 0. The molecule has 0 aliphatic carbocycles. The van der Waals surface area contributed by atoms with Gasteiger partial charge in [-0.15, -0.1) is 0 Å². The third kappa shape index (κ3) is 10.2. The molecule has 0 amide bonds. The van der Waals surface area contributed by atoms with Gasteiger partial charge in [-0.1, -0.05) is 13.8 Å². The summed E-state index contributed by atoms with van der Waals surface area (Å²) in [5, 5.41) is 7.54. The maximum atomic E-state index is 6.97. The van der Waals surface area contributed by atoms with Crippen LogP contribution in [0.1, 0.15) is 26.7 Å². The second kappa shape index (κ2) is 11.8. The highest BCUT2D eigenvalue weighted by Crippen LogP contribution is 2.23. The van der Waals surface area contributed by atoms with Gasteiger partial charge < -0.3 is 24.5 Å². The van der Waals surface area contributed by atoms with Crippen molar-refractivity contribution in [3.05, 3.63) is 0 Å². The first-order valence-corrected chi connectivity index (χ1v) is 15.9. The highest BCUT2D eigenvalue weighted by Gasteiger charge is 2.42. The normalized spacial score (nSPS) is 15.8. The second-order valence-corrected chi connectivity index (χ2v) is 17.4. The van der Waals surface area contributed by atoms with Crippen LogP contribution in [-0.2, 0) is 4.12 Å². The summed E-state index contributed by atoms with van der Waals surface area (Å²) in [6, 6.07) is 0. The average molecular weight is 391 g/mol. The molecular formula is C18H46N4OSi2. The lowest BCUT2D eigenvalue weighted by Gasteiger charge is -2.43. The van der Waals surface area contributed by atoms with Gasteiger partial charge >= 0.3 is 0 Å². The molecule has 0 heterocycles. The fraction of sp³-hybridized carbons (Fsp3) is 1.00. The summed E-state index contributed by atoms with van der Waals surface area (Å²) in [6.45, 7) is 18.4.